The molecule has 1 aliphatic rings. The number of aromatic amines is 4. The van der Waals surface area contributed by atoms with Crippen molar-refractivity contribution >= 4 is 62.4 Å². The average molecular weight is 1500 g/mol. The maximum atomic E-state index is 15.0. The lowest BCUT2D eigenvalue weighted by atomic mass is 9.91. The van der Waals surface area contributed by atoms with Gasteiger partial charge in [0.25, 0.3) is 0 Å². The van der Waals surface area contributed by atoms with E-state index in [4.69, 9.17) is 0 Å². The number of benzene rings is 4. The highest BCUT2D eigenvalue weighted by atomic mass is 32.2. The molecule has 564 valence electrons. The highest BCUT2D eigenvalue weighted by Gasteiger charge is 2.33. The Morgan fingerprint density at radius 1 is 0.269 bits per heavy atom. The van der Waals surface area contributed by atoms with E-state index in [1.54, 1.807) is 0 Å². The largest absolute Gasteiger partial charge is 0.354 e. The second kappa shape index (κ2) is 33.4. The molecule has 0 atom stereocenters. The summed E-state index contributed by atoms with van der Waals surface area (Å²) in [5.74, 6) is 0. The van der Waals surface area contributed by atoms with Gasteiger partial charge in [-0.2, -0.15) is 0 Å². The van der Waals surface area contributed by atoms with E-state index in [9.17, 15) is 33.7 Å². The maximum Gasteiger partial charge on any atom is 0.241 e. The van der Waals surface area contributed by atoms with E-state index in [-0.39, 0.29) is 45.8 Å². The van der Waals surface area contributed by atoms with Crippen molar-refractivity contribution in [1.82, 2.24) is 58.4 Å². The van der Waals surface area contributed by atoms with Gasteiger partial charge in [0.15, 0.2) is 0 Å². The van der Waals surface area contributed by atoms with Crippen LogP contribution >= 0.6 is 0 Å². The number of nitrogens with one attached hydrogen (secondary N) is 8. The molecule has 24 heteroatoms. The molecule has 0 fully saturated rings. The number of fused-ring (bicyclic) bond motifs is 8. The van der Waals surface area contributed by atoms with Crippen LogP contribution in [0.2, 0.25) is 0 Å². The molecule has 104 heavy (non-hydrogen) atoms. The summed E-state index contributed by atoms with van der Waals surface area (Å²) < 4.78 is 132. The van der Waals surface area contributed by atoms with Gasteiger partial charge in [0.2, 0.25) is 40.1 Å². The quantitative estimate of drug-likeness (QED) is 0.0197. The van der Waals surface area contributed by atoms with Crippen LogP contribution in [0.25, 0.3) is 22.3 Å². The van der Waals surface area contributed by atoms with Gasteiger partial charge >= 0.3 is 0 Å². The number of H-pyrrole nitrogens is 4. The molecular formula is C80H112N12O8S4. The van der Waals surface area contributed by atoms with Crippen LogP contribution in [0.15, 0.2) is 92.4 Å². The molecule has 8 bridgehead atoms. The summed E-state index contributed by atoms with van der Waals surface area (Å²) in [5.41, 5.74) is 15.1. The number of sulfonamides is 4. The zero-order chi connectivity index (χ0) is 76.2. The van der Waals surface area contributed by atoms with Crippen molar-refractivity contribution in [2.24, 2.45) is 0 Å². The summed E-state index contributed by atoms with van der Waals surface area (Å²) >= 11 is 0. The van der Waals surface area contributed by atoms with Gasteiger partial charge in [0, 0.05) is 119 Å². The van der Waals surface area contributed by atoms with E-state index in [0.717, 1.165) is 74.6 Å². The highest BCUT2D eigenvalue weighted by Crippen LogP contribution is 2.40. The standard InChI is InChI=1S/C80H112N12O8S4/c1-21-89(22-2)41-37-81-101(93,94)77-53(13)45-49(9)69(57(77)17)73-61-29-31-63(85-61)74(70-50(10)46-54(14)78(58(70)18)102(95,96)82-38-42-90(23-3)24-4)65-33-35-67(87-65)76(72-52(12)48-56(16)80(60(72)20)104(99,100)84-40-44-92(27-7)28-8)68-36-34-66(88-68)75(64-32-30-62(73)86-64)71-51(11)47-55(15)79(59(71)19)103(97,98)83-39-43-91(25-5)26-6/h29-36,45-48,81-88H,21-28,37-44H2,1-20H3. The molecule has 20 nitrogen and oxygen atoms in total. The molecule has 0 radical (unpaired) electrons. The molecule has 9 rings (SSSR count). The van der Waals surface area contributed by atoms with Crippen molar-refractivity contribution in [3.63, 3.8) is 0 Å². The highest BCUT2D eigenvalue weighted by molar-refractivity contribution is 7.90. The molecule has 4 aromatic carbocycles. The summed E-state index contributed by atoms with van der Waals surface area (Å²) in [7, 11) is -16.5. The lowest BCUT2D eigenvalue weighted by Gasteiger charge is -2.22. The van der Waals surface area contributed by atoms with E-state index in [0.29, 0.717) is 159 Å². The fourth-order valence-corrected chi connectivity index (χ4v) is 22.0. The minimum Gasteiger partial charge on any atom is -0.354 e. The molecule has 4 aromatic heterocycles. The minimum absolute atomic E-state index is 0.159. The van der Waals surface area contributed by atoms with E-state index in [1.807, 2.05) is 156 Å². The van der Waals surface area contributed by atoms with E-state index in [2.05, 4.69) is 114 Å². The van der Waals surface area contributed by atoms with Crippen molar-refractivity contribution in [2.75, 3.05) is 105 Å². The molecule has 8 aromatic rings. The molecular weight excluding hydrogens is 1390 g/mol. The third kappa shape index (κ3) is 16.6. The predicted octanol–water partition coefficient (Wildman–Crippen LogP) is 8.48. The number of rotatable bonds is 32. The second-order valence-electron chi connectivity index (χ2n) is 27.7. The van der Waals surface area contributed by atoms with Crippen LogP contribution in [-0.2, 0) is 40.1 Å². The Morgan fingerprint density at radius 2 is 0.452 bits per heavy atom. The van der Waals surface area contributed by atoms with Gasteiger partial charge in [-0.3, -0.25) is 0 Å². The molecule has 1 aliphatic heterocycles. The van der Waals surface area contributed by atoms with Crippen molar-refractivity contribution in [2.45, 2.75) is 158 Å². The Kier molecular flexibility index (Phi) is 26.0. The number of hydrogen-bond acceptors (Lipinski definition) is 12. The van der Waals surface area contributed by atoms with Crippen LogP contribution in [0, 0.1) is 83.1 Å². The summed E-state index contributed by atoms with van der Waals surface area (Å²) in [5, 5.41) is 2.39. The predicted molar refractivity (Wildman–Crippen MR) is 423 cm³/mol. The number of aryl methyl sites for hydroxylation is 8. The molecule has 0 aliphatic carbocycles. The van der Waals surface area contributed by atoms with Crippen LogP contribution < -0.4 is 40.3 Å². The second-order valence-corrected chi connectivity index (χ2v) is 34.5. The average Bonchev–Trinajstić information content (AvgIpc) is 1.48. The van der Waals surface area contributed by atoms with Crippen molar-refractivity contribution in [3.05, 3.63) is 206 Å². The lowest BCUT2D eigenvalue weighted by Crippen LogP contribution is -2.35. The summed E-state index contributed by atoms with van der Waals surface area (Å²) in [6.45, 7) is 48.0. The van der Waals surface area contributed by atoms with E-state index in [1.165, 1.54) is 0 Å². The Morgan fingerprint density at radius 3 is 0.625 bits per heavy atom. The Balaban J connectivity index is 1.47. The van der Waals surface area contributed by atoms with Crippen LogP contribution in [-0.4, -0.2) is 178 Å². The normalized spacial score (nSPS) is 13.4. The smallest absolute Gasteiger partial charge is 0.241 e. The molecule has 0 amide bonds. The number of likely N-dealkylation sites (N-methyl/N-ethyl adjacent to an activating group) is 4. The molecule has 0 saturated heterocycles. The summed E-state index contributed by atoms with van der Waals surface area (Å²) in [6.07, 6.45) is 0. The van der Waals surface area contributed by atoms with Crippen molar-refractivity contribution in [1.29, 1.82) is 0 Å². The van der Waals surface area contributed by atoms with Crippen LogP contribution in [0.1, 0.15) is 167 Å². The Bertz CT molecular complexity index is 4640. The maximum absolute atomic E-state index is 15.0. The molecule has 8 N–H and O–H groups in total. The van der Waals surface area contributed by atoms with Crippen molar-refractivity contribution < 1.29 is 33.7 Å². The van der Waals surface area contributed by atoms with E-state index < -0.39 is 40.1 Å². The van der Waals surface area contributed by atoms with Gasteiger partial charge in [-0.05, 0) is 273 Å². The topological polar surface area (TPSA) is 261 Å². The summed E-state index contributed by atoms with van der Waals surface area (Å²) in [6, 6.07) is 23.5. The van der Waals surface area contributed by atoms with Crippen LogP contribution in [0.4, 0.5) is 0 Å². The minimum atomic E-state index is -4.13. The van der Waals surface area contributed by atoms with Gasteiger partial charge < -0.3 is 39.5 Å². The first-order valence-corrected chi connectivity index (χ1v) is 42.7. The zero-order valence-electron chi connectivity index (χ0n) is 64.9. The fourth-order valence-electron chi connectivity index (χ4n) is 16.1. The third-order valence-electron chi connectivity index (χ3n) is 21.0. The molecule has 0 saturated carbocycles. The third-order valence-corrected chi connectivity index (χ3v) is 28.0. The zero-order valence-corrected chi connectivity index (χ0v) is 68.2. The monoisotopic (exact) mass is 1500 g/mol. The van der Waals surface area contributed by atoms with Gasteiger partial charge in [-0.15, -0.1) is 0 Å². The molecule has 0 unspecified atom stereocenters. The van der Waals surface area contributed by atoms with Gasteiger partial charge in [-0.1, -0.05) is 79.7 Å². The number of hydrogen-bond donors (Lipinski definition) is 8. The van der Waals surface area contributed by atoms with Crippen LogP contribution in [0.5, 0.6) is 0 Å². The lowest BCUT2D eigenvalue weighted by molar-refractivity contribution is 0.309. The number of aromatic nitrogens is 4. The first kappa shape index (κ1) is 81.0. The summed E-state index contributed by atoms with van der Waals surface area (Å²) in [4.78, 5) is 24.8. The Labute approximate surface area is 619 Å². The Hall–Kier alpha value is -7.04. The SMILES string of the molecule is CCN(CC)CCNS(=O)(=O)c1c(C)cc(C)c(C2=c3ccc([nH]3)=C(c3c(C)cc(C)c(S(=O)(=O)NCCN(CC)CC)c3C)c3ccc([nH]3)C(c3c(C)cc(C)c(S(=O)(=O)NCCN(CC)CC)c3C)=c3ccc([nH]3)=C(c3c(C)cc(C)c(S(=O)(=O)NCCN(CC)CC)c3C)c3ccc2[nH]3)c1C. The first-order valence-electron chi connectivity index (χ1n) is 36.8. The van der Waals surface area contributed by atoms with Gasteiger partial charge in [0.1, 0.15) is 0 Å². The first-order chi connectivity index (χ1) is 49.2. The van der Waals surface area contributed by atoms with Crippen molar-refractivity contribution in [3.8, 4) is 0 Å². The number of nitrogens with zero attached hydrogens (tertiary/aromatic N) is 4. The van der Waals surface area contributed by atoms with Gasteiger partial charge in [-0.25, -0.2) is 52.6 Å². The molecule has 5 heterocycles. The van der Waals surface area contributed by atoms with E-state index >= 15 is 0 Å². The van der Waals surface area contributed by atoms with Crippen LogP contribution in [0.3, 0.4) is 0 Å². The van der Waals surface area contributed by atoms with Gasteiger partial charge in [0.05, 0.1) is 19.6 Å². The fraction of sp³-hybridized carbons (Fsp3) is 0.450. The molecule has 0 spiro atoms.